The van der Waals surface area contributed by atoms with Crippen molar-refractivity contribution in [1.29, 1.82) is 0 Å². The van der Waals surface area contributed by atoms with Crippen molar-refractivity contribution in [2.45, 2.75) is 18.7 Å². The number of H-pyrrole nitrogens is 1. The first-order valence-corrected chi connectivity index (χ1v) is 9.49. The van der Waals surface area contributed by atoms with Crippen LogP contribution in [0.4, 0.5) is 0 Å². The summed E-state index contributed by atoms with van der Waals surface area (Å²) in [7, 11) is -3.69. The Hall–Kier alpha value is -2.57. The van der Waals surface area contributed by atoms with Crippen LogP contribution in [-0.2, 0) is 10.0 Å². The molecule has 0 saturated heterocycles. The molecule has 130 valence electrons. The molecule has 0 bridgehead atoms. The summed E-state index contributed by atoms with van der Waals surface area (Å²) < 4.78 is 28.3. The van der Waals surface area contributed by atoms with Crippen LogP contribution < -0.4 is 9.88 Å². The fourth-order valence-electron chi connectivity index (χ4n) is 2.82. The Kier molecular flexibility index (Phi) is 4.65. The second-order valence-corrected chi connectivity index (χ2v) is 7.31. The Morgan fingerprint density at radius 3 is 2.16 bits per heavy atom. The van der Waals surface area contributed by atoms with Gasteiger partial charge in [-0.3, -0.25) is 0 Å². The number of primary sulfonamides is 1. The van der Waals surface area contributed by atoms with E-state index in [0.717, 1.165) is 33.7 Å². The van der Waals surface area contributed by atoms with E-state index >= 15 is 0 Å². The monoisotopic (exact) mass is 356 g/mol. The molecule has 0 radical (unpaired) electrons. The highest BCUT2D eigenvalue weighted by molar-refractivity contribution is 7.89. The van der Waals surface area contributed by atoms with Crippen LogP contribution in [0.15, 0.2) is 59.6 Å². The molecule has 2 aromatic carbocycles. The number of nitrogens with one attached hydrogen (secondary N) is 1. The van der Waals surface area contributed by atoms with Gasteiger partial charge in [0, 0.05) is 11.8 Å². The molecule has 5 nitrogen and oxygen atoms in total. The van der Waals surface area contributed by atoms with E-state index in [2.05, 4.69) is 4.98 Å². The summed E-state index contributed by atoms with van der Waals surface area (Å²) in [5, 5.41) is 5.17. The van der Waals surface area contributed by atoms with E-state index < -0.39 is 10.0 Å². The standard InChI is InChI=1S/C19H20N2O3S/c1-3-24-16-8-4-15(5-9-16)19-18(13(2)12-21-19)14-6-10-17(11-7-14)25(20,22)23/h4-12,21H,3H2,1-2H3,(H2,20,22,23). The summed E-state index contributed by atoms with van der Waals surface area (Å²) in [6, 6.07) is 14.5. The van der Waals surface area contributed by atoms with Crippen molar-refractivity contribution in [2.24, 2.45) is 5.14 Å². The minimum Gasteiger partial charge on any atom is -0.494 e. The highest BCUT2D eigenvalue weighted by atomic mass is 32.2. The van der Waals surface area contributed by atoms with E-state index in [4.69, 9.17) is 9.88 Å². The lowest BCUT2D eigenvalue weighted by molar-refractivity contribution is 0.340. The number of aryl methyl sites for hydroxylation is 1. The zero-order valence-electron chi connectivity index (χ0n) is 14.1. The second kappa shape index (κ2) is 6.74. The van der Waals surface area contributed by atoms with Crippen LogP contribution in [0.25, 0.3) is 22.4 Å². The lowest BCUT2D eigenvalue weighted by atomic mass is 9.98. The Morgan fingerprint density at radius 1 is 1.00 bits per heavy atom. The van der Waals surface area contributed by atoms with E-state index in [1.807, 2.05) is 44.3 Å². The SMILES string of the molecule is CCOc1ccc(-c2[nH]cc(C)c2-c2ccc(S(N)(=O)=O)cc2)cc1. The second-order valence-electron chi connectivity index (χ2n) is 5.75. The maximum atomic E-state index is 11.4. The van der Waals surface area contributed by atoms with Gasteiger partial charge in [0.05, 0.1) is 17.2 Å². The van der Waals surface area contributed by atoms with Crippen LogP contribution >= 0.6 is 0 Å². The Bertz CT molecular complexity index is 973. The predicted molar refractivity (Wildman–Crippen MR) is 98.9 cm³/mol. The van der Waals surface area contributed by atoms with Crippen LogP contribution in [0.1, 0.15) is 12.5 Å². The normalized spacial score (nSPS) is 11.5. The molecule has 0 spiro atoms. The highest BCUT2D eigenvalue weighted by Gasteiger charge is 2.14. The van der Waals surface area contributed by atoms with E-state index in [1.54, 1.807) is 12.1 Å². The lowest BCUT2D eigenvalue weighted by Crippen LogP contribution is -2.11. The first-order chi connectivity index (χ1) is 11.9. The van der Waals surface area contributed by atoms with Crippen molar-refractivity contribution in [3.8, 4) is 28.1 Å². The largest absolute Gasteiger partial charge is 0.494 e. The lowest BCUT2D eigenvalue weighted by Gasteiger charge is -2.09. The molecule has 6 heteroatoms. The van der Waals surface area contributed by atoms with Crippen molar-refractivity contribution in [3.05, 3.63) is 60.3 Å². The molecule has 0 aliphatic heterocycles. The average molecular weight is 356 g/mol. The van der Waals surface area contributed by atoms with E-state index in [0.29, 0.717) is 6.61 Å². The molecule has 1 aromatic heterocycles. The highest BCUT2D eigenvalue weighted by Crippen LogP contribution is 2.35. The predicted octanol–water partition coefficient (Wildman–Crippen LogP) is 3.70. The van der Waals surface area contributed by atoms with E-state index in [-0.39, 0.29) is 4.90 Å². The van der Waals surface area contributed by atoms with Gasteiger partial charge in [-0.1, -0.05) is 12.1 Å². The quantitative estimate of drug-likeness (QED) is 0.731. The summed E-state index contributed by atoms with van der Waals surface area (Å²) in [5.41, 5.74) is 5.04. The topological polar surface area (TPSA) is 85.2 Å². The van der Waals surface area contributed by atoms with Crippen molar-refractivity contribution in [1.82, 2.24) is 4.98 Å². The molecule has 1 heterocycles. The van der Waals surface area contributed by atoms with Gasteiger partial charge in [0.15, 0.2) is 0 Å². The number of hydrogen-bond acceptors (Lipinski definition) is 3. The van der Waals surface area contributed by atoms with Crippen LogP contribution in [-0.4, -0.2) is 20.0 Å². The zero-order valence-corrected chi connectivity index (χ0v) is 14.9. The number of rotatable bonds is 5. The van der Waals surface area contributed by atoms with Gasteiger partial charge in [-0.2, -0.15) is 0 Å². The van der Waals surface area contributed by atoms with Gasteiger partial charge in [-0.25, -0.2) is 13.6 Å². The Balaban J connectivity index is 2.02. The smallest absolute Gasteiger partial charge is 0.238 e. The Morgan fingerprint density at radius 2 is 1.60 bits per heavy atom. The van der Waals surface area contributed by atoms with Gasteiger partial charge in [0.2, 0.25) is 10.0 Å². The summed E-state index contributed by atoms with van der Waals surface area (Å²) >= 11 is 0. The van der Waals surface area contributed by atoms with Crippen molar-refractivity contribution >= 4 is 10.0 Å². The maximum absolute atomic E-state index is 11.4. The van der Waals surface area contributed by atoms with Crippen molar-refractivity contribution < 1.29 is 13.2 Å². The maximum Gasteiger partial charge on any atom is 0.238 e. The zero-order chi connectivity index (χ0) is 18.0. The molecule has 3 N–H and O–H groups in total. The third kappa shape index (κ3) is 3.60. The van der Waals surface area contributed by atoms with Gasteiger partial charge in [0.25, 0.3) is 0 Å². The third-order valence-electron chi connectivity index (χ3n) is 4.00. The molecular formula is C19H20N2O3S. The van der Waals surface area contributed by atoms with E-state index in [9.17, 15) is 8.42 Å². The molecule has 25 heavy (non-hydrogen) atoms. The first kappa shape index (κ1) is 17.3. The molecule has 0 fully saturated rings. The number of hydrogen-bond donors (Lipinski definition) is 2. The van der Waals surface area contributed by atoms with Crippen LogP contribution in [0, 0.1) is 6.92 Å². The number of benzene rings is 2. The minimum atomic E-state index is -3.69. The number of aromatic nitrogens is 1. The summed E-state index contributed by atoms with van der Waals surface area (Å²) in [6.07, 6.45) is 1.94. The van der Waals surface area contributed by atoms with Gasteiger partial charge in [-0.05, 0) is 66.9 Å². The van der Waals surface area contributed by atoms with Crippen LogP contribution in [0.3, 0.4) is 0 Å². The molecule has 0 aliphatic carbocycles. The summed E-state index contributed by atoms with van der Waals surface area (Å²) in [4.78, 5) is 3.41. The number of sulfonamides is 1. The third-order valence-corrected chi connectivity index (χ3v) is 4.93. The van der Waals surface area contributed by atoms with Crippen molar-refractivity contribution in [2.75, 3.05) is 6.61 Å². The summed E-state index contributed by atoms with van der Waals surface area (Å²) in [6.45, 7) is 4.59. The van der Waals surface area contributed by atoms with Gasteiger partial charge in [0.1, 0.15) is 5.75 Å². The molecule has 3 aromatic rings. The minimum absolute atomic E-state index is 0.104. The van der Waals surface area contributed by atoms with Gasteiger partial charge < -0.3 is 9.72 Å². The molecule has 0 atom stereocenters. The fraction of sp³-hybridized carbons (Fsp3) is 0.158. The van der Waals surface area contributed by atoms with Crippen LogP contribution in [0.2, 0.25) is 0 Å². The molecular weight excluding hydrogens is 336 g/mol. The number of nitrogens with two attached hydrogens (primary N) is 1. The average Bonchev–Trinajstić information content (AvgIpc) is 2.97. The molecule has 0 amide bonds. The van der Waals surface area contributed by atoms with Gasteiger partial charge >= 0.3 is 0 Å². The molecule has 0 aliphatic rings. The molecule has 3 rings (SSSR count). The van der Waals surface area contributed by atoms with E-state index in [1.165, 1.54) is 12.1 Å². The summed E-state index contributed by atoms with van der Waals surface area (Å²) in [5.74, 6) is 0.827. The number of ether oxygens (including phenoxy) is 1. The van der Waals surface area contributed by atoms with Crippen molar-refractivity contribution in [3.63, 3.8) is 0 Å². The fourth-order valence-corrected chi connectivity index (χ4v) is 3.33. The Labute approximate surface area is 147 Å². The number of aromatic amines is 1. The molecule has 0 unspecified atom stereocenters. The van der Waals surface area contributed by atoms with Crippen LogP contribution in [0.5, 0.6) is 5.75 Å². The molecule has 0 saturated carbocycles. The first-order valence-electron chi connectivity index (χ1n) is 7.94. The van der Waals surface area contributed by atoms with Gasteiger partial charge in [-0.15, -0.1) is 0 Å².